The number of nitrogens with zero attached hydrogens (tertiary/aromatic N) is 2. The second kappa shape index (κ2) is 8.57. The van der Waals surface area contributed by atoms with Crippen LogP contribution in [0.25, 0.3) is 0 Å². The molecule has 0 radical (unpaired) electrons. The molecule has 1 atom stereocenters. The largest absolute Gasteiger partial charge is 0.482 e. The summed E-state index contributed by atoms with van der Waals surface area (Å²) < 4.78 is 10.9. The van der Waals surface area contributed by atoms with Gasteiger partial charge in [-0.1, -0.05) is 36.4 Å². The molecule has 7 nitrogen and oxygen atoms in total. The monoisotopic (exact) mass is 364 g/mol. The van der Waals surface area contributed by atoms with Gasteiger partial charge in [0.05, 0.1) is 10.6 Å². The molecule has 136 valence electrons. The lowest BCUT2D eigenvalue weighted by Gasteiger charge is -2.18. The fourth-order valence-electron chi connectivity index (χ4n) is 2.43. The maximum Gasteiger partial charge on any atom is 0.345 e. The topological polar surface area (TPSA) is 91.6 Å². The smallest absolute Gasteiger partial charge is 0.345 e. The molecular weight excluding hydrogens is 348 g/mol. The fraction of sp³-hybridized carbons (Fsp3) is 0.100. The van der Waals surface area contributed by atoms with Crippen molar-refractivity contribution in [2.75, 3.05) is 6.61 Å². The molecule has 27 heavy (non-hydrogen) atoms. The second-order valence-electron chi connectivity index (χ2n) is 5.57. The third-order valence-corrected chi connectivity index (χ3v) is 3.71. The van der Waals surface area contributed by atoms with Crippen molar-refractivity contribution in [2.24, 2.45) is 0 Å². The van der Waals surface area contributed by atoms with Crippen LogP contribution in [-0.2, 0) is 9.53 Å². The Morgan fingerprint density at radius 1 is 1.00 bits per heavy atom. The molecule has 0 N–H and O–H groups in total. The van der Waals surface area contributed by atoms with Crippen molar-refractivity contribution in [3.05, 3.63) is 100 Å². The molecule has 0 aliphatic rings. The van der Waals surface area contributed by atoms with E-state index in [-0.39, 0.29) is 12.3 Å². The standard InChI is InChI=1S/C20H16N2O5/c23-19(14-26-17-11-9-16(10-12-17)22(24)25)27-20(15-6-2-1-3-7-15)18-8-4-5-13-21-18/h1-13,20H,14H2. The highest BCUT2D eigenvalue weighted by Crippen LogP contribution is 2.24. The van der Waals surface area contributed by atoms with Crippen LogP contribution >= 0.6 is 0 Å². The summed E-state index contributed by atoms with van der Waals surface area (Å²) in [7, 11) is 0. The summed E-state index contributed by atoms with van der Waals surface area (Å²) in [5.41, 5.74) is 1.34. The molecule has 3 aromatic rings. The van der Waals surface area contributed by atoms with Crippen molar-refractivity contribution in [3.8, 4) is 5.75 Å². The minimum Gasteiger partial charge on any atom is -0.482 e. The molecule has 1 unspecified atom stereocenters. The molecule has 1 heterocycles. The summed E-state index contributed by atoms with van der Waals surface area (Å²) in [6.45, 7) is -0.325. The lowest BCUT2D eigenvalue weighted by molar-refractivity contribution is -0.384. The Kier molecular flexibility index (Phi) is 5.73. The Bertz CT molecular complexity index is 859. The van der Waals surface area contributed by atoms with Crippen LogP contribution in [0.2, 0.25) is 0 Å². The molecule has 7 heteroatoms. The predicted molar refractivity (Wildman–Crippen MR) is 97.2 cm³/mol. The van der Waals surface area contributed by atoms with Gasteiger partial charge < -0.3 is 9.47 Å². The Morgan fingerprint density at radius 2 is 1.70 bits per heavy atom. The van der Waals surface area contributed by atoms with Crippen molar-refractivity contribution in [3.63, 3.8) is 0 Å². The van der Waals surface area contributed by atoms with E-state index >= 15 is 0 Å². The summed E-state index contributed by atoms with van der Waals surface area (Å²) in [5.74, 6) is -0.237. The zero-order valence-electron chi connectivity index (χ0n) is 14.2. The van der Waals surface area contributed by atoms with E-state index in [0.717, 1.165) is 5.56 Å². The van der Waals surface area contributed by atoms with Crippen molar-refractivity contribution in [1.82, 2.24) is 4.98 Å². The highest BCUT2D eigenvalue weighted by Gasteiger charge is 2.20. The minimum atomic E-state index is -0.652. The molecule has 0 amide bonds. The maximum absolute atomic E-state index is 12.3. The molecule has 1 aromatic heterocycles. The molecule has 0 fully saturated rings. The molecule has 0 spiro atoms. The van der Waals surface area contributed by atoms with Gasteiger partial charge in [0.25, 0.3) is 5.69 Å². The summed E-state index contributed by atoms with van der Waals surface area (Å²) in [4.78, 5) is 26.7. The van der Waals surface area contributed by atoms with Crippen molar-refractivity contribution in [2.45, 2.75) is 6.10 Å². The number of rotatable bonds is 7. The molecule has 2 aromatic carbocycles. The molecule has 0 aliphatic heterocycles. The van der Waals surface area contributed by atoms with Crippen LogP contribution in [-0.4, -0.2) is 22.5 Å². The zero-order chi connectivity index (χ0) is 19.1. The number of non-ortho nitro benzene ring substituents is 1. The Hall–Kier alpha value is -3.74. The third kappa shape index (κ3) is 4.88. The van der Waals surface area contributed by atoms with Crippen molar-refractivity contribution in [1.29, 1.82) is 0 Å². The number of hydrogen-bond acceptors (Lipinski definition) is 6. The van der Waals surface area contributed by atoms with Crippen molar-refractivity contribution >= 4 is 11.7 Å². The Morgan fingerprint density at radius 3 is 2.33 bits per heavy atom. The first-order chi connectivity index (χ1) is 13.1. The van der Waals surface area contributed by atoms with Crippen LogP contribution in [0.4, 0.5) is 5.69 Å². The van der Waals surface area contributed by atoms with E-state index in [1.807, 2.05) is 36.4 Å². The van der Waals surface area contributed by atoms with Crippen LogP contribution in [0, 0.1) is 10.1 Å². The van der Waals surface area contributed by atoms with Gasteiger partial charge >= 0.3 is 5.97 Å². The SMILES string of the molecule is O=C(COc1ccc([N+](=O)[O-])cc1)OC(c1ccccc1)c1ccccn1. The number of nitro benzene ring substituents is 1. The number of carbonyl (C=O) groups excluding carboxylic acids is 1. The van der Waals surface area contributed by atoms with Crippen LogP contribution in [0.3, 0.4) is 0 Å². The molecule has 0 saturated carbocycles. The van der Waals surface area contributed by atoms with E-state index in [0.29, 0.717) is 11.4 Å². The number of benzene rings is 2. The maximum atomic E-state index is 12.3. The number of nitro groups is 1. The summed E-state index contributed by atoms with van der Waals surface area (Å²) in [5, 5.41) is 10.7. The predicted octanol–water partition coefficient (Wildman–Crippen LogP) is 3.70. The van der Waals surface area contributed by atoms with Crippen LogP contribution < -0.4 is 4.74 Å². The zero-order valence-corrected chi connectivity index (χ0v) is 14.2. The number of pyridine rings is 1. The lowest BCUT2D eigenvalue weighted by Crippen LogP contribution is -2.19. The van der Waals surface area contributed by atoms with Gasteiger partial charge in [0.15, 0.2) is 12.7 Å². The van der Waals surface area contributed by atoms with Crippen LogP contribution in [0.15, 0.2) is 79.0 Å². The molecule has 0 bridgehead atoms. The molecule has 0 saturated heterocycles. The third-order valence-electron chi connectivity index (χ3n) is 3.71. The number of carbonyl (C=O) groups is 1. The highest BCUT2D eigenvalue weighted by atomic mass is 16.6. The molecule has 0 aliphatic carbocycles. The quantitative estimate of drug-likeness (QED) is 0.361. The van der Waals surface area contributed by atoms with E-state index in [1.165, 1.54) is 24.3 Å². The van der Waals surface area contributed by atoms with Gasteiger partial charge in [-0.05, 0) is 29.8 Å². The minimum absolute atomic E-state index is 0.0516. The first kappa shape index (κ1) is 18.1. The lowest BCUT2D eigenvalue weighted by atomic mass is 10.1. The number of esters is 1. The average molecular weight is 364 g/mol. The van der Waals surface area contributed by atoms with E-state index in [4.69, 9.17) is 9.47 Å². The van der Waals surface area contributed by atoms with Gasteiger partial charge in [0.1, 0.15) is 5.75 Å². The van der Waals surface area contributed by atoms with E-state index in [1.54, 1.807) is 18.3 Å². The Labute approximate surface area is 155 Å². The van der Waals surface area contributed by atoms with Gasteiger partial charge in [-0.2, -0.15) is 0 Å². The van der Waals surface area contributed by atoms with Gasteiger partial charge in [-0.25, -0.2) is 4.79 Å². The van der Waals surface area contributed by atoms with Gasteiger partial charge in [0.2, 0.25) is 0 Å². The van der Waals surface area contributed by atoms with Gasteiger partial charge in [-0.3, -0.25) is 15.1 Å². The average Bonchev–Trinajstić information content (AvgIpc) is 2.72. The van der Waals surface area contributed by atoms with Gasteiger partial charge in [0, 0.05) is 18.3 Å². The van der Waals surface area contributed by atoms with Crippen LogP contribution in [0.1, 0.15) is 17.4 Å². The second-order valence-corrected chi connectivity index (χ2v) is 5.57. The van der Waals surface area contributed by atoms with E-state index < -0.39 is 17.0 Å². The Balaban J connectivity index is 1.67. The number of hydrogen-bond donors (Lipinski definition) is 0. The van der Waals surface area contributed by atoms with Gasteiger partial charge in [-0.15, -0.1) is 0 Å². The molecule has 3 rings (SSSR count). The summed E-state index contributed by atoms with van der Waals surface area (Å²) in [6, 6.07) is 20.1. The number of ether oxygens (including phenoxy) is 2. The van der Waals surface area contributed by atoms with E-state index in [9.17, 15) is 14.9 Å². The normalized spacial score (nSPS) is 11.4. The summed E-state index contributed by atoms with van der Waals surface area (Å²) in [6.07, 6.45) is 0.979. The number of aromatic nitrogens is 1. The van der Waals surface area contributed by atoms with Crippen molar-refractivity contribution < 1.29 is 19.2 Å². The fourth-order valence-corrected chi connectivity index (χ4v) is 2.43. The first-order valence-corrected chi connectivity index (χ1v) is 8.16. The van der Waals surface area contributed by atoms with Crippen LogP contribution in [0.5, 0.6) is 5.75 Å². The highest BCUT2D eigenvalue weighted by molar-refractivity contribution is 5.71. The molecular formula is C20H16N2O5. The van der Waals surface area contributed by atoms with E-state index in [2.05, 4.69) is 4.98 Å². The first-order valence-electron chi connectivity index (χ1n) is 8.16. The summed E-state index contributed by atoms with van der Waals surface area (Å²) >= 11 is 0.